The van der Waals surface area contributed by atoms with Gasteiger partial charge in [-0.15, -0.1) is 20.4 Å². The topological polar surface area (TPSA) is 232 Å². The Bertz CT molecular complexity index is 2110. The van der Waals surface area contributed by atoms with Gasteiger partial charge in [0.1, 0.15) is 11.6 Å². The minimum Gasteiger partial charge on any atom is -0.333 e. The van der Waals surface area contributed by atoms with Gasteiger partial charge >= 0.3 is 20.2 Å². The maximum atomic E-state index is 13.7. The third-order valence-electron chi connectivity index (χ3n) is 8.74. The SMILES string of the molecule is N[C@H](CC(=O)N1CCn2c(nnc2C(F)(F)F)C1)Cc1cc(F)c(F)cc1F.N[C@H](CC(=O)N1CCn2c(nnc2C(F)(F)F)C1)Cc1cc(F)c(F)cc1F.O=P(O)(O)O. The summed E-state index contributed by atoms with van der Waals surface area (Å²) >= 11 is 0. The molecule has 0 bridgehead atoms. The van der Waals surface area contributed by atoms with Gasteiger partial charge in [0.2, 0.25) is 23.5 Å². The number of fused-ring (bicyclic) bond motifs is 2. The summed E-state index contributed by atoms with van der Waals surface area (Å²) in [6.45, 7) is -0.604. The maximum absolute atomic E-state index is 13.7. The number of alkyl halides is 6. The van der Waals surface area contributed by atoms with Crippen molar-refractivity contribution >= 4 is 19.6 Å². The molecule has 2 amide bonds. The van der Waals surface area contributed by atoms with Gasteiger partial charge in [0.25, 0.3) is 0 Å². The van der Waals surface area contributed by atoms with Crippen LogP contribution in [-0.4, -0.2) is 91.0 Å². The second kappa shape index (κ2) is 19.3. The molecule has 0 radical (unpaired) electrons. The molecule has 0 spiro atoms. The Morgan fingerprint density at radius 1 is 0.590 bits per heavy atom. The molecule has 16 nitrogen and oxygen atoms in total. The van der Waals surface area contributed by atoms with Crippen LogP contribution in [0.5, 0.6) is 0 Å². The average Bonchev–Trinajstić information content (AvgIpc) is 3.77. The minimum atomic E-state index is -4.64. The molecule has 4 heterocycles. The number of nitrogens with zero attached hydrogens (tertiary/aromatic N) is 8. The number of hydrogen-bond acceptors (Lipinski definition) is 9. The minimum absolute atomic E-state index is 0.000783. The van der Waals surface area contributed by atoms with Crippen molar-refractivity contribution in [2.24, 2.45) is 11.5 Å². The fourth-order valence-electron chi connectivity index (χ4n) is 6.02. The number of carbonyl (C=O) groups excluding carboxylic acids is 2. The monoisotopic (exact) mass is 912 g/mol. The predicted octanol–water partition coefficient (Wildman–Crippen LogP) is 3.10. The summed E-state index contributed by atoms with van der Waals surface area (Å²) in [4.78, 5) is 48.8. The highest BCUT2D eigenvalue weighted by molar-refractivity contribution is 7.45. The quantitative estimate of drug-likeness (QED) is 0.0976. The number of amides is 2. The number of phosphoric acid groups is 1. The fourth-order valence-corrected chi connectivity index (χ4v) is 6.02. The van der Waals surface area contributed by atoms with Crippen LogP contribution in [0.15, 0.2) is 24.3 Å². The molecule has 0 unspecified atom stereocenters. The second-order valence-electron chi connectivity index (χ2n) is 13.4. The van der Waals surface area contributed by atoms with E-state index in [4.69, 9.17) is 30.7 Å². The van der Waals surface area contributed by atoms with Crippen LogP contribution >= 0.6 is 7.82 Å². The summed E-state index contributed by atoms with van der Waals surface area (Å²) < 4.78 is 167. The predicted molar refractivity (Wildman–Crippen MR) is 180 cm³/mol. The fraction of sp³-hybridized carbons (Fsp3) is 0.438. The Morgan fingerprint density at radius 2 is 0.902 bits per heavy atom. The van der Waals surface area contributed by atoms with Crippen molar-refractivity contribution in [3.63, 3.8) is 0 Å². The van der Waals surface area contributed by atoms with E-state index in [9.17, 15) is 62.3 Å². The average molecular weight is 913 g/mol. The van der Waals surface area contributed by atoms with Gasteiger partial charge in [-0.3, -0.25) is 9.59 Å². The molecule has 29 heteroatoms. The van der Waals surface area contributed by atoms with E-state index in [-0.39, 0.29) is 87.7 Å². The van der Waals surface area contributed by atoms with Gasteiger partial charge in [0.05, 0.1) is 13.1 Å². The van der Waals surface area contributed by atoms with Crippen LogP contribution in [-0.2, 0) is 65.5 Å². The maximum Gasteiger partial charge on any atom is 0.466 e. The Kier molecular flexibility index (Phi) is 15.3. The van der Waals surface area contributed by atoms with Crippen molar-refractivity contribution in [2.75, 3.05) is 13.1 Å². The Morgan fingerprint density at radius 3 is 1.21 bits per heavy atom. The molecule has 0 fully saturated rings. The lowest BCUT2D eigenvalue weighted by molar-refractivity contribution is -0.149. The van der Waals surface area contributed by atoms with E-state index < -0.39 is 90.6 Å². The van der Waals surface area contributed by atoms with Crippen molar-refractivity contribution in [3.05, 3.63) is 93.6 Å². The summed E-state index contributed by atoms with van der Waals surface area (Å²) in [7, 11) is -4.64. The van der Waals surface area contributed by atoms with Crippen molar-refractivity contribution in [1.82, 2.24) is 39.3 Å². The molecular formula is C32H33F12N10O6P. The first-order chi connectivity index (χ1) is 28.1. The van der Waals surface area contributed by atoms with Gasteiger partial charge in [0, 0.05) is 63.2 Å². The first kappa shape index (κ1) is 48.5. The zero-order valence-electron chi connectivity index (χ0n) is 30.8. The molecule has 7 N–H and O–H groups in total. The van der Waals surface area contributed by atoms with E-state index in [1.165, 1.54) is 9.80 Å². The largest absolute Gasteiger partial charge is 0.466 e. The van der Waals surface area contributed by atoms with Crippen molar-refractivity contribution in [2.45, 2.75) is 76.3 Å². The molecule has 0 saturated heterocycles. The molecule has 0 saturated carbocycles. The lowest BCUT2D eigenvalue weighted by Gasteiger charge is -2.29. The van der Waals surface area contributed by atoms with Crippen LogP contribution in [0, 0.1) is 34.9 Å². The normalized spacial score (nSPS) is 15.2. The third-order valence-corrected chi connectivity index (χ3v) is 8.74. The first-order valence-corrected chi connectivity index (χ1v) is 18.8. The molecule has 0 aliphatic carbocycles. The van der Waals surface area contributed by atoms with Crippen LogP contribution in [0.3, 0.4) is 0 Å². The molecule has 4 aromatic rings. The third kappa shape index (κ3) is 13.4. The number of benzene rings is 2. The Hall–Kier alpha value is -5.15. The zero-order valence-corrected chi connectivity index (χ0v) is 31.7. The molecule has 61 heavy (non-hydrogen) atoms. The zero-order chi connectivity index (χ0) is 45.8. The van der Waals surface area contributed by atoms with Gasteiger partial charge in [-0.25, -0.2) is 30.9 Å². The standard InChI is InChI=1S/2C16H15F6N5O.H3O4P/c2*17-10-6-12(19)11(18)4-8(10)3-9(23)5-14(28)26-1-2-27-13(7-26)24-25-15(27)16(20,21)22;1-5(2,3)4/h2*4,6,9H,1-3,5,7,23H2;(H3,1,2,3,4)/t2*9-;/m00./s1. The Balaban J connectivity index is 0.000000242. The molecule has 336 valence electrons. The van der Waals surface area contributed by atoms with E-state index in [0.717, 1.165) is 9.13 Å². The van der Waals surface area contributed by atoms with E-state index in [2.05, 4.69) is 20.4 Å². The van der Waals surface area contributed by atoms with E-state index >= 15 is 0 Å². The molecular weight excluding hydrogens is 879 g/mol. The van der Waals surface area contributed by atoms with Crippen LogP contribution in [0.25, 0.3) is 0 Å². The summed E-state index contributed by atoms with van der Waals surface area (Å²) in [6.07, 6.45) is -10.2. The van der Waals surface area contributed by atoms with Gasteiger partial charge < -0.3 is 45.1 Å². The van der Waals surface area contributed by atoms with Crippen molar-refractivity contribution < 1.29 is 81.5 Å². The van der Waals surface area contributed by atoms with Gasteiger partial charge in [-0.05, 0) is 36.1 Å². The lowest BCUT2D eigenvalue weighted by atomic mass is 10.0. The molecule has 2 aromatic carbocycles. The number of rotatable bonds is 8. The summed E-state index contributed by atoms with van der Waals surface area (Å²) in [5.74, 6) is -10.3. The number of halogens is 12. The number of nitrogens with two attached hydrogens (primary N) is 2. The van der Waals surface area contributed by atoms with E-state index in [1.54, 1.807) is 0 Å². The Labute approximate surface area is 335 Å². The first-order valence-electron chi connectivity index (χ1n) is 17.2. The van der Waals surface area contributed by atoms with Crippen LogP contribution in [0.1, 0.15) is 47.3 Å². The summed E-state index contributed by atoms with van der Waals surface area (Å²) in [5, 5.41) is 13.2. The van der Waals surface area contributed by atoms with Gasteiger partial charge in [-0.2, -0.15) is 26.3 Å². The smallest absolute Gasteiger partial charge is 0.333 e. The van der Waals surface area contributed by atoms with Crippen LogP contribution in [0.2, 0.25) is 0 Å². The molecule has 2 aliphatic rings. The second-order valence-corrected chi connectivity index (χ2v) is 14.4. The van der Waals surface area contributed by atoms with Crippen LogP contribution in [0.4, 0.5) is 52.7 Å². The lowest BCUT2D eigenvalue weighted by Crippen LogP contribution is -2.42. The van der Waals surface area contributed by atoms with Crippen molar-refractivity contribution in [1.29, 1.82) is 0 Å². The van der Waals surface area contributed by atoms with E-state index in [1.807, 2.05) is 0 Å². The molecule has 2 atom stereocenters. The van der Waals surface area contributed by atoms with Gasteiger partial charge in [0.15, 0.2) is 34.9 Å². The van der Waals surface area contributed by atoms with E-state index in [0.29, 0.717) is 24.3 Å². The van der Waals surface area contributed by atoms with Crippen LogP contribution < -0.4 is 11.5 Å². The number of carbonyl (C=O) groups is 2. The molecule has 2 aliphatic heterocycles. The molecule has 6 rings (SSSR count). The highest BCUT2D eigenvalue weighted by Gasteiger charge is 2.41. The summed E-state index contributed by atoms with van der Waals surface area (Å²) in [5.41, 5.74) is 11.3. The summed E-state index contributed by atoms with van der Waals surface area (Å²) in [6, 6.07) is 0.368. The van der Waals surface area contributed by atoms with Crippen molar-refractivity contribution in [3.8, 4) is 0 Å². The number of aromatic nitrogens is 6. The highest BCUT2D eigenvalue weighted by Crippen LogP contribution is 2.31. The van der Waals surface area contributed by atoms with Gasteiger partial charge in [-0.1, -0.05) is 0 Å². The number of hydrogen-bond donors (Lipinski definition) is 5. The molecule has 2 aromatic heterocycles. The highest BCUT2D eigenvalue weighted by atomic mass is 31.2.